The number of anilines is 4. The molecule has 0 N–H and O–H groups in total. The van der Waals surface area contributed by atoms with Crippen LogP contribution in [-0.4, -0.2) is 14.1 Å². The van der Waals surface area contributed by atoms with Gasteiger partial charge in [0.25, 0.3) is 0 Å². The predicted molar refractivity (Wildman–Crippen MR) is 225 cm³/mol. The lowest BCUT2D eigenvalue weighted by Gasteiger charge is -2.45. The van der Waals surface area contributed by atoms with Gasteiger partial charge in [0.1, 0.15) is 0 Å². The van der Waals surface area contributed by atoms with Crippen LogP contribution in [0.4, 0.5) is 22.7 Å². The van der Waals surface area contributed by atoms with E-state index in [1.165, 1.54) is 78.4 Å². The van der Waals surface area contributed by atoms with Gasteiger partial charge in [-0.25, -0.2) is 0 Å². The van der Waals surface area contributed by atoms with Crippen molar-refractivity contribution in [3.05, 3.63) is 251 Å². The maximum absolute atomic E-state index is 2.33. The van der Waals surface area contributed by atoms with Crippen molar-refractivity contribution in [1.82, 2.24) is 0 Å². The SMILES string of the molecule is CN1c2ccccc2C(c2ccccc2)(c2ccccc2)c2ccccc21.CN1c2ccccc2C2(c3ccccc3-c3ccccc32)c2ccccc21. The summed E-state index contributed by atoms with van der Waals surface area (Å²) in [4.78, 5) is 4.65. The molecule has 8 aromatic carbocycles. The zero-order chi connectivity index (χ0) is 36.3. The number of para-hydroxylation sites is 4. The summed E-state index contributed by atoms with van der Waals surface area (Å²) in [5, 5.41) is 0. The number of hydrogen-bond acceptors (Lipinski definition) is 2. The van der Waals surface area contributed by atoms with Gasteiger partial charge < -0.3 is 9.80 Å². The molecule has 0 aromatic heterocycles. The van der Waals surface area contributed by atoms with E-state index in [1.54, 1.807) is 0 Å². The Morgan fingerprint density at radius 3 is 0.870 bits per heavy atom. The fraction of sp³-hybridized carbons (Fsp3) is 0.0769. The summed E-state index contributed by atoms with van der Waals surface area (Å²) in [7, 11) is 4.34. The van der Waals surface area contributed by atoms with E-state index in [0.717, 1.165) is 0 Å². The molecule has 0 saturated carbocycles. The third kappa shape index (κ3) is 4.34. The van der Waals surface area contributed by atoms with Crippen molar-refractivity contribution in [2.75, 3.05) is 23.9 Å². The summed E-state index contributed by atoms with van der Waals surface area (Å²) in [5.41, 5.74) is 17.9. The Bertz CT molecular complexity index is 2380. The molecule has 258 valence electrons. The molecule has 0 bridgehead atoms. The lowest BCUT2D eigenvalue weighted by molar-refractivity contribution is 0.727. The Kier molecular flexibility index (Phi) is 7.42. The molecule has 0 radical (unpaired) electrons. The van der Waals surface area contributed by atoms with Crippen LogP contribution in [0.15, 0.2) is 206 Å². The van der Waals surface area contributed by atoms with Crippen LogP contribution >= 0.6 is 0 Å². The van der Waals surface area contributed by atoms with E-state index in [2.05, 4.69) is 230 Å². The molecule has 11 rings (SSSR count). The highest BCUT2D eigenvalue weighted by molar-refractivity contribution is 5.93. The van der Waals surface area contributed by atoms with Gasteiger partial charge in [-0.15, -0.1) is 0 Å². The fourth-order valence-corrected chi connectivity index (χ4v) is 9.86. The minimum atomic E-state index is -0.331. The molecule has 0 unspecified atom stereocenters. The van der Waals surface area contributed by atoms with Gasteiger partial charge in [-0.3, -0.25) is 0 Å². The van der Waals surface area contributed by atoms with Crippen LogP contribution in [0.2, 0.25) is 0 Å². The zero-order valence-corrected chi connectivity index (χ0v) is 30.5. The predicted octanol–water partition coefficient (Wildman–Crippen LogP) is 12.3. The first-order valence-corrected chi connectivity index (χ1v) is 18.8. The van der Waals surface area contributed by atoms with Crippen molar-refractivity contribution in [2.24, 2.45) is 0 Å². The van der Waals surface area contributed by atoms with E-state index in [4.69, 9.17) is 0 Å². The number of fused-ring (bicyclic) bond motifs is 11. The smallest absolute Gasteiger partial charge is 0.0754 e. The number of benzene rings is 8. The van der Waals surface area contributed by atoms with E-state index in [-0.39, 0.29) is 10.8 Å². The summed E-state index contributed by atoms with van der Waals surface area (Å²) in [6.45, 7) is 0. The van der Waals surface area contributed by atoms with Crippen molar-refractivity contribution < 1.29 is 0 Å². The van der Waals surface area contributed by atoms with Gasteiger partial charge >= 0.3 is 0 Å². The first-order valence-electron chi connectivity index (χ1n) is 18.8. The van der Waals surface area contributed by atoms with Gasteiger partial charge in [-0.05, 0) is 79.9 Å². The van der Waals surface area contributed by atoms with Crippen LogP contribution in [0.25, 0.3) is 11.1 Å². The molecule has 0 fully saturated rings. The molecule has 2 heterocycles. The van der Waals surface area contributed by atoms with E-state index in [0.29, 0.717) is 0 Å². The molecule has 8 aromatic rings. The topological polar surface area (TPSA) is 6.48 Å². The number of nitrogens with zero attached hydrogens (tertiary/aromatic N) is 2. The Hall–Kier alpha value is -6.64. The van der Waals surface area contributed by atoms with Crippen molar-refractivity contribution in [3.63, 3.8) is 0 Å². The molecular weight excluding hydrogens is 653 g/mol. The van der Waals surface area contributed by atoms with E-state index >= 15 is 0 Å². The van der Waals surface area contributed by atoms with Gasteiger partial charge in [0, 0.05) is 36.8 Å². The maximum Gasteiger partial charge on any atom is 0.0754 e. The molecule has 2 heteroatoms. The van der Waals surface area contributed by atoms with Gasteiger partial charge in [-0.2, -0.15) is 0 Å². The number of rotatable bonds is 2. The Morgan fingerprint density at radius 1 is 0.259 bits per heavy atom. The first-order chi connectivity index (χ1) is 26.7. The molecule has 2 nitrogen and oxygen atoms in total. The highest BCUT2D eigenvalue weighted by Gasteiger charge is 2.51. The van der Waals surface area contributed by atoms with Crippen LogP contribution in [0.5, 0.6) is 0 Å². The summed E-state index contributed by atoms with van der Waals surface area (Å²) in [6.07, 6.45) is 0. The number of hydrogen-bond donors (Lipinski definition) is 0. The van der Waals surface area contributed by atoms with Gasteiger partial charge in [0.05, 0.1) is 10.8 Å². The normalized spacial score (nSPS) is 14.7. The molecule has 0 atom stereocenters. The molecule has 1 aliphatic carbocycles. The zero-order valence-electron chi connectivity index (χ0n) is 30.5. The van der Waals surface area contributed by atoms with Crippen LogP contribution in [0.1, 0.15) is 44.5 Å². The second-order valence-corrected chi connectivity index (χ2v) is 14.5. The summed E-state index contributed by atoms with van der Waals surface area (Å²) < 4.78 is 0. The third-order valence-corrected chi connectivity index (χ3v) is 12.0. The molecule has 0 amide bonds. The van der Waals surface area contributed by atoms with Crippen molar-refractivity contribution in [1.29, 1.82) is 0 Å². The highest BCUT2D eigenvalue weighted by Crippen LogP contribution is 2.62. The average Bonchev–Trinajstić information content (AvgIpc) is 3.55. The second-order valence-electron chi connectivity index (χ2n) is 14.5. The molecular formula is C52H40N2. The van der Waals surface area contributed by atoms with Gasteiger partial charge in [-0.1, -0.05) is 182 Å². The molecule has 2 aliphatic heterocycles. The summed E-state index contributed by atoms with van der Waals surface area (Å²) in [5.74, 6) is 0. The molecule has 1 spiro atoms. The third-order valence-electron chi connectivity index (χ3n) is 12.0. The monoisotopic (exact) mass is 692 g/mol. The van der Waals surface area contributed by atoms with Crippen molar-refractivity contribution in [2.45, 2.75) is 10.8 Å². The lowest BCUT2D eigenvalue weighted by Crippen LogP contribution is -2.37. The van der Waals surface area contributed by atoms with Gasteiger partial charge in [0.2, 0.25) is 0 Å². The second kappa shape index (κ2) is 12.5. The molecule has 54 heavy (non-hydrogen) atoms. The van der Waals surface area contributed by atoms with Crippen LogP contribution in [0.3, 0.4) is 0 Å². The fourth-order valence-electron chi connectivity index (χ4n) is 9.86. The van der Waals surface area contributed by atoms with Crippen LogP contribution in [-0.2, 0) is 10.8 Å². The van der Waals surface area contributed by atoms with E-state index < -0.39 is 0 Å². The maximum atomic E-state index is 2.33. The Labute approximate surface area is 318 Å². The van der Waals surface area contributed by atoms with Crippen LogP contribution in [0, 0.1) is 0 Å². The minimum absolute atomic E-state index is 0.257. The lowest BCUT2D eigenvalue weighted by atomic mass is 9.62. The van der Waals surface area contributed by atoms with E-state index in [1.807, 2.05) is 0 Å². The summed E-state index contributed by atoms with van der Waals surface area (Å²) >= 11 is 0. The first kappa shape index (κ1) is 32.0. The molecule has 3 aliphatic rings. The van der Waals surface area contributed by atoms with Crippen molar-refractivity contribution >= 4 is 22.7 Å². The highest BCUT2D eigenvalue weighted by atomic mass is 15.1. The van der Waals surface area contributed by atoms with Crippen LogP contribution < -0.4 is 9.80 Å². The standard InChI is InChI=1S/C26H19N.C26H21N/c1-27-24-16-8-6-14-22(24)26(23-15-7-9-17-25(23)27)20-12-4-2-10-18(20)19-11-3-5-13-21(19)26;1-27-24-18-10-8-16-22(24)26(20-12-4-2-5-13-20,21-14-6-3-7-15-21)23-17-9-11-19-25(23)27/h2-17H,1H3;2-19H,1H3. The average molecular weight is 693 g/mol. The van der Waals surface area contributed by atoms with E-state index in [9.17, 15) is 0 Å². The Morgan fingerprint density at radius 2 is 0.519 bits per heavy atom. The van der Waals surface area contributed by atoms with Crippen molar-refractivity contribution in [3.8, 4) is 11.1 Å². The summed E-state index contributed by atoms with van der Waals surface area (Å²) in [6, 6.07) is 74.9. The quantitative estimate of drug-likeness (QED) is 0.178. The minimum Gasteiger partial charge on any atom is -0.344 e. The largest absolute Gasteiger partial charge is 0.344 e. The Balaban J connectivity index is 0.000000134. The molecule has 0 saturated heterocycles. The van der Waals surface area contributed by atoms with Gasteiger partial charge in [0.15, 0.2) is 0 Å².